The van der Waals surface area contributed by atoms with Gasteiger partial charge in [-0.05, 0) is 89.1 Å². The fourth-order valence-corrected chi connectivity index (χ4v) is 8.63. The molecule has 2 aromatic heterocycles. The van der Waals surface area contributed by atoms with Crippen molar-refractivity contribution in [1.82, 2.24) is 9.80 Å². The van der Waals surface area contributed by atoms with Crippen molar-refractivity contribution in [3.05, 3.63) is 68.9 Å². The number of benzene rings is 2. The third kappa shape index (κ3) is 8.49. The van der Waals surface area contributed by atoms with Crippen LogP contribution in [0.2, 0.25) is 0 Å². The van der Waals surface area contributed by atoms with Gasteiger partial charge in [-0.1, -0.05) is 12.1 Å². The van der Waals surface area contributed by atoms with Gasteiger partial charge in [0.25, 0.3) is 0 Å². The van der Waals surface area contributed by atoms with Gasteiger partial charge in [-0.15, -0.1) is 22.7 Å². The smallest absolute Gasteiger partial charge is 0.416 e. The topological polar surface area (TPSA) is 96.4 Å². The average molecular weight is 794 g/mol. The van der Waals surface area contributed by atoms with Crippen molar-refractivity contribution in [2.45, 2.75) is 49.9 Å². The van der Waals surface area contributed by atoms with Crippen molar-refractivity contribution in [3.8, 4) is 0 Å². The summed E-state index contributed by atoms with van der Waals surface area (Å²) in [5, 5.41) is 12.9. The number of aromatic carboxylic acids is 1. The first kappa shape index (κ1) is 39.3. The number of hydrogen-bond acceptors (Lipinski definition) is 7. The van der Waals surface area contributed by atoms with Gasteiger partial charge in [0.05, 0.1) is 25.3 Å². The van der Waals surface area contributed by atoms with Crippen LogP contribution in [0.1, 0.15) is 69.4 Å². The monoisotopic (exact) mass is 793 g/mol. The molecule has 0 saturated carbocycles. The molecule has 0 aliphatic carbocycles. The summed E-state index contributed by atoms with van der Waals surface area (Å²) in [6, 6.07) is 7.25. The molecule has 2 saturated heterocycles. The van der Waals surface area contributed by atoms with Crippen LogP contribution in [0, 0.1) is 0 Å². The normalized spacial score (nSPS) is 16.1. The zero-order chi connectivity index (χ0) is 35.7. The summed E-state index contributed by atoms with van der Waals surface area (Å²) >= 11 is 2.21. The molecule has 50 heavy (non-hydrogen) atoms. The number of carbonyl (C=O) groups excluding carboxylic acids is 2. The number of hydrogen-bond donors (Lipinski definition) is 1. The molecule has 0 atom stereocenters. The molecule has 1 N–H and O–H groups in total. The predicted molar refractivity (Wildman–Crippen MR) is 173 cm³/mol. The third-order valence-corrected chi connectivity index (χ3v) is 11.0. The number of amides is 2. The zero-order valence-electron chi connectivity index (χ0n) is 26.6. The molecular formula is C33H32CuF6N2O6S2. The standard InChI is InChI=1S/C17H16F3NO4S.C16H16F3NO2S.Cu/c1-25-16(24)21-6-4-9(5-7-21)13-11-3-2-10(17(18,19)20)8-12(11)26-14(13)15(22)23;1-22-15(21)20-6-4-10(5-7-20)13-9-23-14-8-11(16(17,18)19)2-3-12(13)14;/h2-3,8-9H,4-7H2,1H3,(H,22,23);2-3,8-10H,4-7H2,1H3;. The summed E-state index contributed by atoms with van der Waals surface area (Å²) in [6.07, 6.45) is -6.91. The Labute approximate surface area is 301 Å². The van der Waals surface area contributed by atoms with E-state index < -0.39 is 35.5 Å². The minimum atomic E-state index is -4.48. The summed E-state index contributed by atoms with van der Waals surface area (Å²) in [4.78, 5) is 38.0. The number of methoxy groups -OCH3 is 2. The Morgan fingerprint density at radius 3 is 1.66 bits per heavy atom. The Balaban J connectivity index is 0.000000222. The number of carbonyl (C=O) groups is 3. The summed E-state index contributed by atoms with van der Waals surface area (Å²) < 4.78 is 87.5. The van der Waals surface area contributed by atoms with E-state index in [0.717, 1.165) is 53.3 Å². The zero-order valence-corrected chi connectivity index (χ0v) is 29.2. The molecule has 0 bridgehead atoms. The summed E-state index contributed by atoms with van der Waals surface area (Å²) in [5.41, 5.74) is 0.244. The SMILES string of the molecule is COC(=O)N1CCC(c2c(C(=O)O)sc3cc(C(F)(F)F)ccc23)CC1.COC(=O)N1CCC(c2csc3cc(C(F)(F)F)ccc23)CC1.[Cu]. The van der Waals surface area contributed by atoms with E-state index in [4.69, 9.17) is 4.74 Å². The number of halogens is 6. The molecule has 2 aromatic carbocycles. The van der Waals surface area contributed by atoms with Gasteiger partial charge in [-0.3, -0.25) is 0 Å². The van der Waals surface area contributed by atoms with Gasteiger partial charge >= 0.3 is 30.5 Å². The van der Waals surface area contributed by atoms with E-state index in [1.165, 1.54) is 42.6 Å². The third-order valence-electron chi connectivity index (χ3n) is 8.89. The largest absolute Gasteiger partial charge is 0.477 e. The van der Waals surface area contributed by atoms with Crippen LogP contribution in [0.25, 0.3) is 20.2 Å². The molecule has 2 amide bonds. The number of ether oxygens (including phenoxy) is 2. The van der Waals surface area contributed by atoms with E-state index in [1.807, 2.05) is 5.38 Å². The van der Waals surface area contributed by atoms with Crippen LogP contribution in [-0.4, -0.2) is 73.5 Å². The van der Waals surface area contributed by atoms with Crippen molar-refractivity contribution in [2.75, 3.05) is 40.4 Å². The van der Waals surface area contributed by atoms with Crippen molar-refractivity contribution in [2.24, 2.45) is 0 Å². The number of piperidine rings is 2. The van der Waals surface area contributed by atoms with Gasteiger partial charge in [0.2, 0.25) is 0 Å². The molecule has 275 valence electrons. The Bertz CT molecular complexity index is 1840. The first-order valence-corrected chi connectivity index (χ1v) is 16.9. The van der Waals surface area contributed by atoms with Gasteiger partial charge in [0, 0.05) is 52.6 Å². The first-order valence-electron chi connectivity index (χ1n) is 15.2. The van der Waals surface area contributed by atoms with E-state index >= 15 is 0 Å². The second kappa shape index (κ2) is 15.8. The van der Waals surface area contributed by atoms with Gasteiger partial charge in [-0.25, -0.2) is 14.4 Å². The summed E-state index contributed by atoms with van der Waals surface area (Å²) in [7, 11) is 2.65. The van der Waals surface area contributed by atoms with Crippen molar-refractivity contribution >= 4 is 61.0 Å². The number of nitrogens with zero attached hydrogens (tertiary/aromatic N) is 2. The second-order valence-corrected chi connectivity index (χ2v) is 13.7. The van der Waals surface area contributed by atoms with Gasteiger partial charge in [0.1, 0.15) is 4.88 Å². The molecule has 4 heterocycles. The molecular weight excluding hydrogens is 762 g/mol. The van der Waals surface area contributed by atoms with Gasteiger partial charge in [-0.2, -0.15) is 26.3 Å². The van der Waals surface area contributed by atoms with Crippen molar-refractivity contribution in [1.29, 1.82) is 0 Å². The van der Waals surface area contributed by atoms with Crippen molar-refractivity contribution < 1.29 is 72.4 Å². The van der Waals surface area contributed by atoms with Crippen LogP contribution in [0.15, 0.2) is 41.8 Å². The molecule has 1 radical (unpaired) electrons. The molecule has 2 aliphatic heterocycles. The van der Waals surface area contributed by atoms with Crippen LogP contribution in [0.5, 0.6) is 0 Å². The summed E-state index contributed by atoms with van der Waals surface area (Å²) in [5.74, 6) is -1.01. The van der Waals surface area contributed by atoms with Crippen molar-refractivity contribution in [3.63, 3.8) is 0 Å². The van der Waals surface area contributed by atoms with E-state index in [9.17, 15) is 45.8 Å². The average Bonchev–Trinajstić information content (AvgIpc) is 3.69. The number of carboxylic acid groups (broad SMARTS) is 1. The van der Waals surface area contributed by atoms with Crippen LogP contribution >= 0.6 is 22.7 Å². The van der Waals surface area contributed by atoms with E-state index in [2.05, 4.69) is 4.74 Å². The maximum atomic E-state index is 12.9. The van der Waals surface area contributed by atoms with E-state index in [1.54, 1.807) is 11.0 Å². The molecule has 6 rings (SSSR count). The number of likely N-dealkylation sites (tertiary alicyclic amines) is 2. The van der Waals surface area contributed by atoms with E-state index in [0.29, 0.717) is 59.4 Å². The maximum Gasteiger partial charge on any atom is 0.416 e. The Hall–Kier alpha value is -3.53. The van der Waals surface area contributed by atoms with Gasteiger partial charge in [0.15, 0.2) is 0 Å². The maximum absolute atomic E-state index is 12.9. The van der Waals surface area contributed by atoms with Crippen LogP contribution < -0.4 is 0 Å². The Morgan fingerprint density at radius 1 is 0.740 bits per heavy atom. The minimum absolute atomic E-state index is 0. The molecule has 4 aromatic rings. The first-order chi connectivity index (χ1) is 23.1. The number of rotatable bonds is 3. The molecule has 17 heteroatoms. The molecule has 0 unspecified atom stereocenters. The van der Waals surface area contributed by atoms with Crippen LogP contribution in [0.4, 0.5) is 35.9 Å². The molecule has 2 aliphatic rings. The fourth-order valence-electron chi connectivity index (χ4n) is 6.38. The quantitative estimate of drug-likeness (QED) is 0.164. The fraction of sp³-hybridized carbons (Fsp3) is 0.424. The molecule has 0 spiro atoms. The molecule has 2 fully saturated rings. The van der Waals surface area contributed by atoms with Crippen LogP contribution in [0.3, 0.4) is 0 Å². The van der Waals surface area contributed by atoms with Crippen LogP contribution in [-0.2, 0) is 38.9 Å². The van der Waals surface area contributed by atoms with E-state index in [-0.39, 0.29) is 39.9 Å². The number of carboxylic acids is 1. The summed E-state index contributed by atoms with van der Waals surface area (Å²) in [6.45, 7) is 2.04. The van der Waals surface area contributed by atoms with Gasteiger partial charge < -0.3 is 24.4 Å². The Kier molecular flexibility index (Phi) is 12.4. The second-order valence-electron chi connectivity index (χ2n) is 11.7. The Morgan fingerprint density at radius 2 is 1.20 bits per heavy atom. The number of thiophene rings is 2. The number of fused-ring (bicyclic) bond motifs is 2. The molecule has 8 nitrogen and oxygen atoms in total. The minimum Gasteiger partial charge on any atom is -0.477 e. The predicted octanol–water partition coefficient (Wildman–Crippen LogP) is 9.43. The number of alkyl halides is 6.